The van der Waals surface area contributed by atoms with Gasteiger partial charge in [-0.1, -0.05) is 12.1 Å². The van der Waals surface area contributed by atoms with Crippen LogP contribution in [0.4, 0.5) is 11.4 Å². The van der Waals surface area contributed by atoms with E-state index in [0.717, 1.165) is 13.0 Å². The zero-order chi connectivity index (χ0) is 21.0. The number of ether oxygens (including phenoxy) is 2. The van der Waals surface area contributed by atoms with Gasteiger partial charge in [0.25, 0.3) is 11.8 Å². The molecule has 1 unspecified atom stereocenters. The molecule has 29 heavy (non-hydrogen) atoms. The monoisotopic (exact) mass is 397 g/mol. The second kappa shape index (κ2) is 8.96. The van der Waals surface area contributed by atoms with E-state index in [0.29, 0.717) is 35.0 Å². The fourth-order valence-corrected chi connectivity index (χ4v) is 3.29. The molecule has 7 heteroatoms. The first-order valence-corrected chi connectivity index (χ1v) is 9.62. The summed E-state index contributed by atoms with van der Waals surface area (Å²) in [6.45, 7) is 3.21. The summed E-state index contributed by atoms with van der Waals surface area (Å²) in [6.07, 6.45) is 0.304. The Kier molecular flexibility index (Phi) is 6.39. The highest BCUT2D eigenvalue weighted by Gasteiger charge is 2.31. The fraction of sp³-hybridized carbons (Fsp3) is 0.364. The molecule has 1 atom stereocenters. The van der Waals surface area contributed by atoms with Gasteiger partial charge in [0, 0.05) is 12.2 Å². The first-order chi connectivity index (χ1) is 13.9. The molecule has 2 aromatic carbocycles. The smallest absolute Gasteiger partial charge is 0.267 e. The number of amides is 2. The van der Waals surface area contributed by atoms with Crippen molar-refractivity contribution in [1.29, 1.82) is 0 Å². The summed E-state index contributed by atoms with van der Waals surface area (Å²) >= 11 is 0. The van der Waals surface area contributed by atoms with E-state index in [2.05, 4.69) is 10.2 Å². The van der Waals surface area contributed by atoms with E-state index in [9.17, 15) is 9.59 Å². The Morgan fingerprint density at radius 3 is 2.72 bits per heavy atom. The first kappa shape index (κ1) is 20.7. The number of benzene rings is 2. The molecule has 1 aliphatic rings. The molecule has 0 bridgehead atoms. The number of carbonyl (C=O) groups is 2. The second-order valence-electron chi connectivity index (χ2n) is 7.24. The molecule has 2 aromatic rings. The molecule has 3 rings (SSSR count). The van der Waals surface area contributed by atoms with Crippen LogP contribution in [0.5, 0.6) is 11.5 Å². The standard InChI is InChI=1S/C22H27N3O4/c1-15-22(27)25(13-7-12-24(2)3)18-14-16(10-11-20(18)29-15)23-21(26)17-8-5-6-9-19(17)28-4/h5-6,8-11,14-15H,7,12-13H2,1-4H3,(H,23,26). The minimum Gasteiger partial charge on any atom is -0.496 e. The molecule has 2 amide bonds. The van der Waals surface area contributed by atoms with Crippen LogP contribution in [0.2, 0.25) is 0 Å². The van der Waals surface area contributed by atoms with Crippen LogP contribution in [0.1, 0.15) is 23.7 Å². The number of fused-ring (bicyclic) bond motifs is 1. The van der Waals surface area contributed by atoms with Crippen molar-refractivity contribution in [2.75, 3.05) is 44.5 Å². The Bertz CT molecular complexity index is 897. The number of nitrogens with one attached hydrogen (secondary N) is 1. The molecule has 0 saturated carbocycles. The van der Waals surface area contributed by atoms with Crippen molar-refractivity contribution in [2.45, 2.75) is 19.4 Å². The lowest BCUT2D eigenvalue weighted by Gasteiger charge is -2.33. The largest absolute Gasteiger partial charge is 0.496 e. The maximum atomic E-state index is 12.7. The maximum absolute atomic E-state index is 12.7. The SMILES string of the molecule is COc1ccccc1C(=O)Nc1ccc2c(c1)N(CCCN(C)C)C(=O)C(C)O2. The van der Waals surface area contributed by atoms with E-state index in [-0.39, 0.29) is 11.8 Å². The molecule has 0 aliphatic carbocycles. The van der Waals surface area contributed by atoms with Crippen LogP contribution in [-0.4, -0.2) is 57.1 Å². The number of rotatable bonds is 7. The number of hydrogen-bond acceptors (Lipinski definition) is 5. The molecule has 154 valence electrons. The molecule has 1 aliphatic heterocycles. The summed E-state index contributed by atoms with van der Waals surface area (Å²) in [5.41, 5.74) is 1.70. The quantitative estimate of drug-likeness (QED) is 0.778. The Morgan fingerprint density at radius 2 is 2.00 bits per heavy atom. The number of para-hydroxylation sites is 1. The summed E-state index contributed by atoms with van der Waals surface area (Å²) in [5.74, 6) is 0.778. The van der Waals surface area contributed by atoms with Gasteiger partial charge in [-0.2, -0.15) is 0 Å². The molecule has 1 N–H and O–H groups in total. The lowest BCUT2D eigenvalue weighted by Crippen LogP contribution is -2.45. The predicted octanol–water partition coefficient (Wildman–Crippen LogP) is 3.01. The van der Waals surface area contributed by atoms with Crippen LogP contribution >= 0.6 is 0 Å². The van der Waals surface area contributed by atoms with E-state index in [1.807, 2.05) is 20.2 Å². The van der Waals surface area contributed by atoms with Gasteiger partial charge in [0.15, 0.2) is 6.10 Å². The Morgan fingerprint density at radius 1 is 1.24 bits per heavy atom. The Balaban J connectivity index is 1.83. The highest BCUT2D eigenvalue weighted by atomic mass is 16.5. The average molecular weight is 397 g/mol. The molecular weight excluding hydrogens is 370 g/mol. The molecule has 0 radical (unpaired) electrons. The molecule has 0 saturated heterocycles. The topological polar surface area (TPSA) is 71.1 Å². The van der Waals surface area contributed by atoms with Crippen LogP contribution < -0.4 is 19.7 Å². The van der Waals surface area contributed by atoms with Gasteiger partial charge in [0.05, 0.1) is 18.4 Å². The third-order valence-corrected chi connectivity index (χ3v) is 4.76. The highest BCUT2D eigenvalue weighted by Crippen LogP contribution is 2.36. The van der Waals surface area contributed by atoms with Gasteiger partial charge in [-0.3, -0.25) is 9.59 Å². The van der Waals surface area contributed by atoms with Gasteiger partial charge in [-0.05, 0) is 64.3 Å². The number of nitrogens with zero attached hydrogens (tertiary/aromatic N) is 2. The zero-order valence-electron chi connectivity index (χ0n) is 17.3. The van der Waals surface area contributed by atoms with Gasteiger partial charge in [-0.25, -0.2) is 0 Å². The highest BCUT2D eigenvalue weighted by molar-refractivity contribution is 6.07. The lowest BCUT2D eigenvalue weighted by molar-refractivity contribution is -0.125. The molecular formula is C22H27N3O4. The van der Waals surface area contributed by atoms with Crippen LogP contribution in [-0.2, 0) is 4.79 Å². The van der Waals surface area contributed by atoms with E-state index in [4.69, 9.17) is 9.47 Å². The summed E-state index contributed by atoms with van der Waals surface area (Å²) in [5, 5.41) is 2.88. The zero-order valence-corrected chi connectivity index (χ0v) is 17.3. The van der Waals surface area contributed by atoms with Crippen LogP contribution in [0, 0.1) is 0 Å². The Hall–Kier alpha value is -3.06. The lowest BCUT2D eigenvalue weighted by atomic mass is 10.1. The van der Waals surface area contributed by atoms with E-state index >= 15 is 0 Å². The number of anilines is 2. The van der Waals surface area contributed by atoms with Crippen LogP contribution in [0.15, 0.2) is 42.5 Å². The first-order valence-electron chi connectivity index (χ1n) is 9.62. The van der Waals surface area contributed by atoms with Crippen molar-refractivity contribution >= 4 is 23.2 Å². The van der Waals surface area contributed by atoms with Crippen molar-refractivity contribution in [1.82, 2.24) is 4.90 Å². The normalized spacial score (nSPS) is 15.7. The fourth-order valence-electron chi connectivity index (χ4n) is 3.29. The van der Waals surface area contributed by atoms with E-state index in [1.54, 1.807) is 48.2 Å². The molecule has 1 heterocycles. The third kappa shape index (κ3) is 4.68. The van der Waals surface area contributed by atoms with Crippen molar-refractivity contribution in [3.63, 3.8) is 0 Å². The minimum atomic E-state index is -0.532. The van der Waals surface area contributed by atoms with Crippen LogP contribution in [0.25, 0.3) is 0 Å². The predicted molar refractivity (Wildman–Crippen MR) is 113 cm³/mol. The van der Waals surface area contributed by atoms with Crippen molar-refractivity contribution in [3.8, 4) is 11.5 Å². The third-order valence-electron chi connectivity index (χ3n) is 4.76. The number of carbonyl (C=O) groups excluding carboxylic acids is 2. The summed E-state index contributed by atoms with van der Waals surface area (Å²) in [6, 6.07) is 12.4. The van der Waals surface area contributed by atoms with Gasteiger partial charge in [0.1, 0.15) is 11.5 Å². The van der Waals surface area contributed by atoms with E-state index in [1.165, 1.54) is 7.11 Å². The average Bonchev–Trinajstić information content (AvgIpc) is 2.71. The van der Waals surface area contributed by atoms with E-state index < -0.39 is 6.10 Å². The van der Waals surface area contributed by atoms with Crippen molar-refractivity contribution < 1.29 is 19.1 Å². The number of hydrogen-bond donors (Lipinski definition) is 1. The van der Waals surface area contributed by atoms with Gasteiger partial charge in [0.2, 0.25) is 0 Å². The van der Waals surface area contributed by atoms with Gasteiger partial charge in [-0.15, -0.1) is 0 Å². The summed E-state index contributed by atoms with van der Waals surface area (Å²) in [7, 11) is 5.53. The molecule has 7 nitrogen and oxygen atoms in total. The minimum absolute atomic E-state index is 0.0792. The summed E-state index contributed by atoms with van der Waals surface area (Å²) in [4.78, 5) is 29.2. The van der Waals surface area contributed by atoms with Gasteiger partial charge < -0.3 is 24.6 Å². The maximum Gasteiger partial charge on any atom is 0.267 e. The molecule has 0 aromatic heterocycles. The summed E-state index contributed by atoms with van der Waals surface area (Å²) < 4.78 is 11.0. The Labute approximate surface area is 171 Å². The molecule has 0 spiro atoms. The van der Waals surface area contributed by atoms with Crippen molar-refractivity contribution in [3.05, 3.63) is 48.0 Å². The van der Waals surface area contributed by atoms with Crippen LogP contribution in [0.3, 0.4) is 0 Å². The van der Waals surface area contributed by atoms with Gasteiger partial charge >= 0.3 is 0 Å². The van der Waals surface area contributed by atoms with Crippen molar-refractivity contribution in [2.24, 2.45) is 0 Å². The molecule has 0 fully saturated rings. The second-order valence-corrected chi connectivity index (χ2v) is 7.24. The number of methoxy groups -OCH3 is 1.